The summed E-state index contributed by atoms with van der Waals surface area (Å²) in [7, 11) is -1.70. The van der Waals surface area contributed by atoms with E-state index >= 15 is 0 Å². The minimum atomic E-state index is -1.70. The van der Waals surface area contributed by atoms with Crippen LogP contribution in [0.5, 0.6) is 0 Å². The van der Waals surface area contributed by atoms with Crippen molar-refractivity contribution >= 4 is 65.2 Å². The summed E-state index contributed by atoms with van der Waals surface area (Å²) in [5, 5.41) is 3.78. The van der Waals surface area contributed by atoms with Gasteiger partial charge in [-0.2, -0.15) is 0 Å². The fourth-order valence-corrected chi connectivity index (χ4v) is 21.6. The van der Waals surface area contributed by atoms with E-state index in [9.17, 15) is 0 Å². The van der Waals surface area contributed by atoms with E-state index in [2.05, 4.69) is 83.3 Å². The van der Waals surface area contributed by atoms with Gasteiger partial charge in [-0.15, -0.1) is 0 Å². The molecule has 0 spiro atoms. The predicted molar refractivity (Wildman–Crippen MR) is 154 cm³/mol. The Hall–Kier alpha value is 0.416. The van der Waals surface area contributed by atoms with Crippen LogP contribution in [0.4, 0.5) is 0 Å². The fraction of sp³-hybridized carbons (Fsp3) is 0.714. The summed E-state index contributed by atoms with van der Waals surface area (Å²) in [5.41, 5.74) is 0. The Bertz CT molecular complexity index is 832. The number of unbranched alkanes of at least 4 members (excludes halogenated alkanes) is 2. The summed E-state index contributed by atoms with van der Waals surface area (Å²) < 4.78 is 2.74. The van der Waals surface area contributed by atoms with Crippen LogP contribution < -0.4 is 13.3 Å². The molecule has 3 heterocycles. The quantitative estimate of drug-likeness (QED) is 0.194. The van der Waals surface area contributed by atoms with E-state index in [1.54, 1.807) is 14.6 Å². The molecule has 3 rings (SSSR count). The summed E-state index contributed by atoms with van der Waals surface area (Å²) in [6, 6.07) is 8.51. The molecule has 0 saturated heterocycles. The Balaban J connectivity index is 2.10. The SMILES string of the molecule is CCCCC(CC)C[Si]1(CC(CC)CCCC)c2cc(C)sc2-c2s[c]([Sn][CH](C)C)cc21. The molecule has 0 nitrogen and oxygen atoms in total. The standard InChI is InChI=1S/C25H39S2Si.C3H7.Sn/c1-6-10-12-20(8-3)17-28(18-21(9-4)13-11-7-2)22-14-15-26-24(22)25-23(28)16-19(5)27-25;1-3-2;/h14,16,20-21H,6-13,17-18H2,1-5H3;3H,1-2H3;. The second-order valence-corrected chi connectivity index (χ2v) is 23.6. The van der Waals surface area contributed by atoms with Gasteiger partial charge in [-0.3, -0.25) is 0 Å². The number of aryl methyl sites for hydroxylation is 1. The summed E-state index contributed by atoms with van der Waals surface area (Å²) in [4.78, 5) is 5.02. The molecule has 2 unspecified atom stereocenters. The molecule has 2 radical (unpaired) electrons. The molecule has 2 aromatic rings. The first-order valence-electron chi connectivity index (χ1n) is 13.4. The predicted octanol–water partition coefficient (Wildman–Crippen LogP) is 8.25. The number of hydrogen-bond acceptors (Lipinski definition) is 2. The third-order valence-corrected chi connectivity index (χ3v) is 20.1. The van der Waals surface area contributed by atoms with Crippen molar-refractivity contribution in [2.75, 3.05) is 0 Å². The molecule has 0 aliphatic carbocycles. The summed E-state index contributed by atoms with van der Waals surface area (Å²) >= 11 is 3.91. The van der Waals surface area contributed by atoms with Crippen LogP contribution in [0.2, 0.25) is 16.0 Å². The first kappa shape index (κ1) is 27.0. The average Bonchev–Trinajstić information content (AvgIpc) is 3.40. The van der Waals surface area contributed by atoms with Crippen molar-refractivity contribution in [3.05, 3.63) is 17.0 Å². The fourth-order valence-electron chi connectivity index (χ4n) is 5.85. The third-order valence-electron chi connectivity index (χ3n) is 7.62. The van der Waals surface area contributed by atoms with Crippen LogP contribution in [0.3, 0.4) is 0 Å². The molecule has 178 valence electrons. The molecule has 1 aliphatic rings. The van der Waals surface area contributed by atoms with Gasteiger partial charge in [-0.25, -0.2) is 0 Å². The van der Waals surface area contributed by atoms with E-state index in [0.29, 0.717) is 0 Å². The summed E-state index contributed by atoms with van der Waals surface area (Å²) in [5.74, 6) is 1.83. The van der Waals surface area contributed by atoms with E-state index in [1.165, 1.54) is 63.5 Å². The van der Waals surface area contributed by atoms with Gasteiger partial charge in [0, 0.05) is 0 Å². The molecular weight excluding hydrogens is 547 g/mol. The van der Waals surface area contributed by atoms with E-state index in [0.717, 1.165) is 15.8 Å². The van der Waals surface area contributed by atoms with Crippen molar-refractivity contribution in [1.82, 2.24) is 0 Å². The number of fused-ring (bicyclic) bond motifs is 3. The number of thiophene rings is 2. The van der Waals surface area contributed by atoms with Gasteiger partial charge in [0.05, 0.1) is 0 Å². The number of hydrogen-bond donors (Lipinski definition) is 0. The van der Waals surface area contributed by atoms with Gasteiger partial charge in [-0.1, -0.05) is 0 Å². The van der Waals surface area contributed by atoms with Gasteiger partial charge in [0.1, 0.15) is 0 Å². The molecule has 32 heavy (non-hydrogen) atoms. The van der Waals surface area contributed by atoms with Gasteiger partial charge in [0.15, 0.2) is 0 Å². The Morgan fingerprint density at radius 1 is 0.812 bits per heavy atom. The maximum absolute atomic E-state index is 2.81. The van der Waals surface area contributed by atoms with Crippen LogP contribution in [0.15, 0.2) is 12.1 Å². The van der Waals surface area contributed by atoms with E-state index in [4.69, 9.17) is 0 Å². The van der Waals surface area contributed by atoms with Crippen molar-refractivity contribution in [3.8, 4) is 9.75 Å². The molecule has 4 heteroatoms. The van der Waals surface area contributed by atoms with Gasteiger partial charge in [-0.05, 0) is 0 Å². The maximum atomic E-state index is 2.81. The Morgan fingerprint density at radius 2 is 1.34 bits per heavy atom. The molecular formula is C28H46S2SiSn. The van der Waals surface area contributed by atoms with Gasteiger partial charge in [0.2, 0.25) is 0 Å². The minimum absolute atomic E-state index is 0.452. The van der Waals surface area contributed by atoms with Gasteiger partial charge < -0.3 is 0 Å². The molecule has 0 amide bonds. The van der Waals surface area contributed by atoms with Crippen molar-refractivity contribution < 1.29 is 0 Å². The average molecular weight is 594 g/mol. The first-order valence-corrected chi connectivity index (χ1v) is 20.5. The van der Waals surface area contributed by atoms with Crippen LogP contribution >= 0.6 is 22.7 Å². The second kappa shape index (κ2) is 12.4. The monoisotopic (exact) mass is 594 g/mol. The Morgan fingerprint density at radius 3 is 1.84 bits per heavy atom. The molecule has 2 atom stereocenters. The molecule has 0 aromatic carbocycles. The molecule has 0 saturated carbocycles. The zero-order valence-corrected chi connectivity index (χ0v) is 27.3. The second-order valence-electron chi connectivity index (χ2n) is 10.6. The summed E-state index contributed by atoms with van der Waals surface area (Å²) in [6.45, 7) is 17.0. The zero-order valence-electron chi connectivity index (χ0n) is 21.8. The van der Waals surface area contributed by atoms with Crippen LogP contribution in [0.25, 0.3) is 9.75 Å². The van der Waals surface area contributed by atoms with Crippen molar-refractivity contribution in [2.45, 2.75) is 116 Å². The van der Waals surface area contributed by atoms with Crippen LogP contribution in [-0.2, 0) is 0 Å². The topological polar surface area (TPSA) is 0 Å². The summed E-state index contributed by atoms with van der Waals surface area (Å²) in [6.07, 6.45) is 11.1. The Kier molecular flexibility index (Phi) is 10.5. The molecule has 0 fully saturated rings. The van der Waals surface area contributed by atoms with E-state index < -0.39 is 29.2 Å². The molecule has 2 aromatic heterocycles. The molecule has 0 bridgehead atoms. The van der Waals surface area contributed by atoms with Gasteiger partial charge in [0.25, 0.3) is 0 Å². The van der Waals surface area contributed by atoms with Crippen LogP contribution in [0, 0.1) is 18.8 Å². The first-order chi connectivity index (χ1) is 15.4. The van der Waals surface area contributed by atoms with E-state index in [1.807, 2.05) is 13.3 Å². The third kappa shape index (κ3) is 5.97. The number of rotatable bonds is 14. The Labute approximate surface area is 218 Å². The van der Waals surface area contributed by atoms with E-state index in [-0.39, 0.29) is 0 Å². The molecule has 0 N–H and O–H groups in total. The van der Waals surface area contributed by atoms with Crippen molar-refractivity contribution in [1.29, 1.82) is 0 Å². The van der Waals surface area contributed by atoms with Crippen molar-refractivity contribution in [2.24, 2.45) is 11.8 Å². The molecule has 1 aliphatic heterocycles. The van der Waals surface area contributed by atoms with Crippen molar-refractivity contribution in [3.63, 3.8) is 0 Å². The van der Waals surface area contributed by atoms with Crippen LogP contribution in [0.1, 0.15) is 97.8 Å². The zero-order chi connectivity index (χ0) is 23.3. The normalized spacial score (nSPS) is 19.4. The van der Waals surface area contributed by atoms with Crippen LogP contribution in [-0.4, -0.2) is 29.2 Å². The van der Waals surface area contributed by atoms with Gasteiger partial charge >= 0.3 is 220 Å².